The summed E-state index contributed by atoms with van der Waals surface area (Å²) in [6.07, 6.45) is 0. The van der Waals surface area contributed by atoms with Gasteiger partial charge >= 0.3 is 0 Å². The van der Waals surface area contributed by atoms with Gasteiger partial charge in [-0.3, -0.25) is 4.79 Å². The largest absolute Gasteiger partial charge is 0.489 e. The molecule has 1 heterocycles. The smallest absolute Gasteiger partial charge is 0.256 e. The summed E-state index contributed by atoms with van der Waals surface area (Å²) in [5, 5.41) is 0.823. The van der Waals surface area contributed by atoms with Crippen LogP contribution in [0.1, 0.15) is 0 Å². The summed E-state index contributed by atoms with van der Waals surface area (Å²) in [7, 11) is 0. The van der Waals surface area contributed by atoms with Gasteiger partial charge in [-0.1, -0.05) is 30.3 Å². The zero-order chi connectivity index (χ0) is 15.5. The first kappa shape index (κ1) is 17.0. The van der Waals surface area contributed by atoms with Crippen molar-refractivity contribution in [2.75, 3.05) is 13.2 Å². The number of nitrogens with two attached hydrogens (primary N) is 1. The number of aromatic nitrogens is 1. The van der Waals surface area contributed by atoms with Crippen molar-refractivity contribution in [1.29, 1.82) is 0 Å². The maximum atomic E-state index is 13.4. The van der Waals surface area contributed by atoms with E-state index >= 15 is 0 Å². The third-order valence-electron chi connectivity index (χ3n) is 3.36. The number of ether oxygens (including phenoxy) is 1. The lowest BCUT2D eigenvalue weighted by atomic mass is 10.1. The molecular formula is C17H16ClFN2O2. The molecule has 0 saturated carbocycles. The SMILES string of the molecule is Cl.NCCOc1c(-c2ccccc2)[nH]c(=O)c2cc(F)ccc12. The van der Waals surface area contributed by atoms with E-state index in [1.54, 1.807) is 6.07 Å². The number of fused-ring (bicyclic) bond motifs is 1. The van der Waals surface area contributed by atoms with Crippen molar-refractivity contribution in [3.63, 3.8) is 0 Å². The minimum absolute atomic E-state index is 0. The number of hydrogen-bond donors (Lipinski definition) is 2. The third kappa shape index (κ3) is 3.36. The monoisotopic (exact) mass is 334 g/mol. The summed E-state index contributed by atoms with van der Waals surface area (Å²) in [6.45, 7) is 0.647. The Morgan fingerprint density at radius 3 is 2.52 bits per heavy atom. The molecule has 3 rings (SSSR count). The zero-order valence-electron chi connectivity index (χ0n) is 12.2. The molecule has 0 radical (unpaired) electrons. The number of benzene rings is 2. The molecule has 0 aliphatic carbocycles. The molecule has 6 heteroatoms. The van der Waals surface area contributed by atoms with E-state index in [1.165, 1.54) is 12.1 Å². The average Bonchev–Trinajstić information content (AvgIpc) is 2.55. The molecule has 0 bridgehead atoms. The highest BCUT2D eigenvalue weighted by Gasteiger charge is 2.14. The lowest BCUT2D eigenvalue weighted by Gasteiger charge is -2.14. The first-order chi connectivity index (χ1) is 10.7. The van der Waals surface area contributed by atoms with Crippen molar-refractivity contribution < 1.29 is 9.13 Å². The molecule has 0 amide bonds. The molecule has 120 valence electrons. The summed E-state index contributed by atoms with van der Waals surface area (Å²) >= 11 is 0. The van der Waals surface area contributed by atoms with E-state index in [1.807, 2.05) is 30.3 Å². The van der Waals surface area contributed by atoms with Crippen molar-refractivity contribution >= 4 is 23.2 Å². The molecule has 0 saturated heterocycles. The van der Waals surface area contributed by atoms with Crippen LogP contribution in [0.5, 0.6) is 5.75 Å². The average molecular weight is 335 g/mol. The molecule has 0 aliphatic heterocycles. The van der Waals surface area contributed by atoms with Crippen LogP contribution in [0, 0.1) is 5.82 Å². The number of nitrogens with one attached hydrogen (secondary N) is 1. The molecule has 3 aromatic rings. The Kier molecular flexibility index (Phi) is 5.36. The number of aromatic amines is 1. The van der Waals surface area contributed by atoms with Crippen LogP contribution in [0.3, 0.4) is 0 Å². The van der Waals surface area contributed by atoms with Gasteiger partial charge in [0.25, 0.3) is 5.56 Å². The molecule has 2 aromatic carbocycles. The van der Waals surface area contributed by atoms with Crippen LogP contribution in [0.15, 0.2) is 53.3 Å². The summed E-state index contributed by atoms with van der Waals surface area (Å²) in [5.74, 6) is 0.0430. The van der Waals surface area contributed by atoms with Gasteiger partial charge in [-0.05, 0) is 18.2 Å². The third-order valence-corrected chi connectivity index (χ3v) is 3.36. The van der Waals surface area contributed by atoms with Crippen molar-refractivity contribution in [3.05, 3.63) is 64.7 Å². The maximum Gasteiger partial charge on any atom is 0.256 e. The van der Waals surface area contributed by atoms with E-state index < -0.39 is 5.82 Å². The number of halogens is 2. The molecular weight excluding hydrogens is 319 g/mol. The number of rotatable bonds is 4. The first-order valence-electron chi connectivity index (χ1n) is 6.94. The molecule has 0 unspecified atom stereocenters. The van der Waals surface area contributed by atoms with Crippen molar-refractivity contribution in [2.24, 2.45) is 5.73 Å². The number of H-pyrrole nitrogens is 1. The molecule has 0 spiro atoms. The van der Waals surface area contributed by atoms with Crippen LogP contribution >= 0.6 is 12.4 Å². The van der Waals surface area contributed by atoms with Crippen molar-refractivity contribution in [3.8, 4) is 17.0 Å². The van der Waals surface area contributed by atoms with Gasteiger partial charge in [0.2, 0.25) is 0 Å². The van der Waals surface area contributed by atoms with Gasteiger partial charge in [0.1, 0.15) is 12.4 Å². The molecule has 3 N–H and O–H groups in total. The molecule has 23 heavy (non-hydrogen) atoms. The Bertz CT molecular complexity index is 866. The van der Waals surface area contributed by atoms with E-state index in [4.69, 9.17) is 10.5 Å². The van der Waals surface area contributed by atoms with E-state index in [-0.39, 0.29) is 23.4 Å². The second-order valence-corrected chi connectivity index (χ2v) is 4.85. The highest BCUT2D eigenvalue weighted by atomic mass is 35.5. The second-order valence-electron chi connectivity index (χ2n) is 4.85. The van der Waals surface area contributed by atoms with Crippen LogP contribution < -0.4 is 16.0 Å². The lowest BCUT2D eigenvalue weighted by molar-refractivity contribution is 0.332. The Morgan fingerprint density at radius 1 is 1.09 bits per heavy atom. The summed E-state index contributed by atoms with van der Waals surface area (Å²) < 4.78 is 19.1. The van der Waals surface area contributed by atoms with E-state index in [9.17, 15) is 9.18 Å². The van der Waals surface area contributed by atoms with Gasteiger partial charge in [-0.15, -0.1) is 12.4 Å². The Balaban J connectivity index is 0.00000192. The van der Waals surface area contributed by atoms with Crippen LogP contribution in [-0.2, 0) is 0 Å². The van der Waals surface area contributed by atoms with Crippen molar-refractivity contribution in [1.82, 2.24) is 4.98 Å². The summed E-state index contributed by atoms with van der Waals surface area (Å²) in [6, 6.07) is 13.4. The fourth-order valence-corrected chi connectivity index (χ4v) is 2.39. The Morgan fingerprint density at radius 2 is 1.83 bits per heavy atom. The lowest BCUT2D eigenvalue weighted by Crippen LogP contribution is -2.15. The van der Waals surface area contributed by atoms with Gasteiger partial charge in [0, 0.05) is 17.5 Å². The minimum atomic E-state index is -0.463. The Labute approximate surface area is 138 Å². The fourth-order valence-electron chi connectivity index (χ4n) is 2.39. The van der Waals surface area contributed by atoms with Crippen LogP contribution in [-0.4, -0.2) is 18.1 Å². The van der Waals surface area contributed by atoms with Crippen LogP contribution in [0.4, 0.5) is 4.39 Å². The molecule has 0 aliphatic rings. The predicted molar refractivity (Wildman–Crippen MR) is 91.8 cm³/mol. The molecule has 4 nitrogen and oxygen atoms in total. The quantitative estimate of drug-likeness (QED) is 0.770. The molecule has 0 atom stereocenters. The standard InChI is InChI=1S/C17H15FN2O2.ClH/c18-12-6-7-13-14(10-12)17(21)20-15(16(13)22-9-8-19)11-4-2-1-3-5-11;/h1-7,10H,8-9,19H2,(H,20,21);1H. The predicted octanol–water partition coefficient (Wildman–Crippen LogP) is 3.09. The van der Waals surface area contributed by atoms with Gasteiger partial charge in [0.15, 0.2) is 5.75 Å². The Hall–Kier alpha value is -2.37. The second kappa shape index (κ2) is 7.26. The molecule has 1 aromatic heterocycles. The van der Waals surface area contributed by atoms with Crippen molar-refractivity contribution in [2.45, 2.75) is 0 Å². The first-order valence-corrected chi connectivity index (χ1v) is 6.94. The van der Waals surface area contributed by atoms with Gasteiger partial charge in [-0.25, -0.2) is 4.39 Å². The number of hydrogen-bond acceptors (Lipinski definition) is 3. The topological polar surface area (TPSA) is 68.1 Å². The summed E-state index contributed by atoms with van der Waals surface area (Å²) in [5.41, 5.74) is 6.54. The molecule has 0 fully saturated rings. The normalized spacial score (nSPS) is 10.3. The summed E-state index contributed by atoms with van der Waals surface area (Å²) in [4.78, 5) is 15.0. The van der Waals surface area contributed by atoms with E-state index in [2.05, 4.69) is 4.98 Å². The van der Waals surface area contributed by atoms with E-state index in [0.717, 1.165) is 5.56 Å². The maximum absolute atomic E-state index is 13.4. The van der Waals surface area contributed by atoms with E-state index in [0.29, 0.717) is 30.0 Å². The van der Waals surface area contributed by atoms with Crippen LogP contribution in [0.25, 0.3) is 22.0 Å². The zero-order valence-corrected chi connectivity index (χ0v) is 13.0. The van der Waals surface area contributed by atoms with Crippen LogP contribution in [0.2, 0.25) is 0 Å². The van der Waals surface area contributed by atoms with Gasteiger partial charge < -0.3 is 15.5 Å². The minimum Gasteiger partial charge on any atom is -0.489 e. The highest BCUT2D eigenvalue weighted by Crippen LogP contribution is 2.33. The fraction of sp³-hybridized carbons (Fsp3) is 0.118. The number of pyridine rings is 1. The van der Waals surface area contributed by atoms with Gasteiger partial charge in [0.05, 0.1) is 11.1 Å². The highest BCUT2D eigenvalue weighted by molar-refractivity contribution is 5.92. The van der Waals surface area contributed by atoms with Gasteiger partial charge in [-0.2, -0.15) is 0 Å².